The second kappa shape index (κ2) is 8.56. The first-order valence-corrected chi connectivity index (χ1v) is 10.0. The molecule has 2 aliphatic rings. The highest BCUT2D eigenvalue weighted by atomic mass is 19.3. The van der Waals surface area contributed by atoms with Gasteiger partial charge in [0.1, 0.15) is 5.82 Å². The van der Waals surface area contributed by atoms with Crippen molar-refractivity contribution in [2.24, 2.45) is 0 Å². The molecule has 2 aromatic rings. The number of anilines is 2. The van der Waals surface area contributed by atoms with Crippen molar-refractivity contribution in [2.75, 3.05) is 30.7 Å². The van der Waals surface area contributed by atoms with E-state index in [1.807, 2.05) is 35.2 Å². The molecular weight excluding hydrogens is 406 g/mol. The Hall–Kier alpha value is -3.11. The molecule has 0 saturated carbocycles. The lowest BCUT2D eigenvalue weighted by molar-refractivity contribution is -0.118. The number of ether oxygens (including phenoxy) is 1. The minimum atomic E-state index is -3.21. The lowest BCUT2D eigenvalue weighted by Crippen LogP contribution is -2.39. The number of para-hydroxylation sites is 1. The largest absolute Gasteiger partial charge is 0.383 e. The van der Waals surface area contributed by atoms with Crippen LogP contribution in [0.15, 0.2) is 58.7 Å². The molecule has 8 nitrogen and oxygen atoms in total. The Morgan fingerprint density at radius 2 is 2.10 bits per heavy atom. The summed E-state index contributed by atoms with van der Waals surface area (Å²) in [6, 6.07) is 11.0. The number of rotatable bonds is 6. The molecule has 31 heavy (non-hydrogen) atoms. The van der Waals surface area contributed by atoms with Gasteiger partial charge in [0, 0.05) is 61.8 Å². The van der Waals surface area contributed by atoms with Crippen molar-refractivity contribution in [3.8, 4) is 0 Å². The van der Waals surface area contributed by atoms with E-state index in [0.717, 1.165) is 21.5 Å². The van der Waals surface area contributed by atoms with Gasteiger partial charge in [0.2, 0.25) is 6.23 Å². The number of benzene rings is 1. The van der Waals surface area contributed by atoms with Gasteiger partial charge in [-0.15, -0.1) is 0 Å². The zero-order valence-corrected chi connectivity index (χ0v) is 16.8. The van der Waals surface area contributed by atoms with Crippen LogP contribution >= 0.6 is 0 Å². The van der Waals surface area contributed by atoms with Crippen LogP contribution in [-0.2, 0) is 4.74 Å². The molecule has 4 N–H and O–H groups in total. The van der Waals surface area contributed by atoms with E-state index in [1.54, 1.807) is 0 Å². The second-order valence-electron chi connectivity index (χ2n) is 7.74. The first-order chi connectivity index (χ1) is 14.9. The quantitative estimate of drug-likeness (QED) is 0.608. The number of hydrogen-bond donors (Lipinski definition) is 3. The first-order valence-electron chi connectivity index (χ1n) is 10.0. The minimum absolute atomic E-state index is 0.0293. The van der Waals surface area contributed by atoms with Crippen LogP contribution in [0.5, 0.6) is 0 Å². The summed E-state index contributed by atoms with van der Waals surface area (Å²) in [5, 5.41) is 11.1. The summed E-state index contributed by atoms with van der Waals surface area (Å²) in [5.41, 5.74) is 7.27. The van der Waals surface area contributed by atoms with Crippen molar-refractivity contribution < 1.29 is 13.5 Å². The molecule has 4 rings (SSSR count). The number of alkyl halides is 2. The molecule has 0 bridgehead atoms. The van der Waals surface area contributed by atoms with E-state index in [1.165, 1.54) is 18.5 Å². The summed E-state index contributed by atoms with van der Waals surface area (Å²) in [5.74, 6) is -3.24. The molecular formula is C21H24F2N6O2. The van der Waals surface area contributed by atoms with Gasteiger partial charge in [0.05, 0.1) is 6.10 Å². The van der Waals surface area contributed by atoms with Gasteiger partial charge in [-0.2, -0.15) is 4.98 Å². The second-order valence-corrected chi connectivity index (χ2v) is 7.74. The van der Waals surface area contributed by atoms with Crippen molar-refractivity contribution >= 4 is 17.7 Å². The van der Waals surface area contributed by atoms with Gasteiger partial charge in [-0.05, 0) is 18.2 Å². The Morgan fingerprint density at radius 3 is 2.81 bits per heavy atom. The van der Waals surface area contributed by atoms with E-state index in [4.69, 9.17) is 15.9 Å². The molecule has 1 fully saturated rings. The van der Waals surface area contributed by atoms with Gasteiger partial charge in [0.15, 0.2) is 0 Å². The van der Waals surface area contributed by atoms with Gasteiger partial charge < -0.3 is 21.2 Å². The summed E-state index contributed by atoms with van der Waals surface area (Å²) in [7, 11) is 0. The van der Waals surface area contributed by atoms with Crippen LogP contribution in [0, 0.1) is 5.41 Å². The summed E-state index contributed by atoms with van der Waals surface area (Å²) < 4.78 is 35.6. The smallest absolute Gasteiger partial charge is 0.351 e. The van der Waals surface area contributed by atoms with Gasteiger partial charge in [-0.25, -0.2) is 13.6 Å². The standard InChI is InChI=1S/C21H24F2N6O2/c22-21(23)10-16(31-19(21)29-9-7-18(25)27-20(29)30)13-28-8-6-17(14(11-24)12-28)26-15-4-2-1-3-5-15/h1-5,7,9,11,16,19,24,26H,6,8,10,12-13H2,(H2,25,27,30)/t16-,19+/m0/s1. The number of nitrogens with one attached hydrogen (secondary N) is 2. The molecule has 0 spiro atoms. The van der Waals surface area contributed by atoms with Crippen LogP contribution < -0.4 is 16.7 Å². The number of nitrogens with zero attached hydrogens (tertiary/aromatic N) is 3. The maximum Gasteiger partial charge on any atom is 0.351 e. The highest BCUT2D eigenvalue weighted by Gasteiger charge is 2.52. The Bertz CT molecular complexity index is 1040. The molecule has 2 atom stereocenters. The monoisotopic (exact) mass is 430 g/mol. The highest BCUT2D eigenvalue weighted by molar-refractivity contribution is 5.79. The van der Waals surface area contributed by atoms with E-state index in [-0.39, 0.29) is 12.4 Å². The van der Waals surface area contributed by atoms with Crippen molar-refractivity contribution in [1.82, 2.24) is 14.5 Å². The molecule has 2 aliphatic heterocycles. The third kappa shape index (κ3) is 4.64. The SMILES string of the molecule is N=CC1=C(Nc2ccccc2)CCN(C[C@@H]2CC(F)(F)[C@H](n3ccc(N)nc3=O)O2)C1. The zero-order valence-electron chi connectivity index (χ0n) is 16.8. The van der Waals surface area contributed by atoms with Gasteiger partial charge in [-0.1, -0.05) is 18.2 Å². The summed E-state index contributed by atoms with van der Waals surface area (Å²) in [6.07, 6.45) is 0.182. The maximum atomic E-state index is 14.6. The fourth-order valence-corrected chi connectivity index (χ4v) is 3.98. The fraction of sp³-hybridized carbons (Fsp3) is 0.381. The maximum absolute atomic E-state index is 14.6. The summed E-state index contributed by atoms with van der Waals surface area (Å²) >= 11 is 0. The minimum Gasteiger partial charge on any atom is -0.383 e. The Balaban J connectivity index is 1.43. The molecule has 0 unspecified atom stereocenters. The van der Waals surface area contributed by atoms with Gasteiger partial charge >= 0.3 is 5.69 Å². The molecule has 0 amide bonds. The molecule has 10 heteroatoms. The predicted molar refractivity (Wildman–Crippen MR) is 113 cm³/mol. The van der Waals surface area contributed by atoms with Crippen LogP contribution in [0.2, 0.25) is 0 Å². The summed E-state index contributed by atoms with van der Waals surface area (Å²) in [4.78, 5) is 17.5. The molecule has 0 aliphatic carbocycles. The molecule has 1 aromatic carbocycles. The van der Waals surface area contributed by atoms with Crippen LogP contribution in [0.25, 0.3) is 0 Å². The van der Waals surface area contributed by atoms with Crippen molar-refractivity contribution in [2.45, 2.75) is 31.1 Å². The third-order valence-corrected chi connectivity index (χ3v) is 5.45. The third-order valence-electron chi connectivity index (χ3n) is 5.45. The average Bonchev–Trinajstić information content (AvgIpc) is 3.03. The lowest BCUT2D eigenvalue weighted by atomic mass is 10.0. The van der Waals surface area contributed by atoms with Crippen LogP contribution in [0.4, 0.5) is 20.3 Å². The molecule has 164 valence electrons. The first kappa shape index (κ1) is 21.1. The summed E-state index contributed by atoms with van der Waals surface area (Å²) in [6.45, 7) is 1.38. The van der Waals surface area contributed by atoms with E-state index in [0.29, 0.717) is 19.5 Å². The lowest BCUT2D eigenvalue weighted by Gasteiger charge is -2.31. The highest BCUT2D eigenvalue weighted by Crippen LogP contribution is 2.42. The predicted octanol–water partition coefficient (Wildman–Crippen LogP) is 2.47. The van der Waals surface area contributed by atoms with Crippen molar-refractivity contribution in [1.29, 1.82) is 5.41 Å². The topological polar surface area (TPSA) is 109 Å². The Morgan fingerprint density at radius 1 is 1.32 bits per heavy atom. The normalized spacial score (nSPS) is 23.7. The Kier molecular flexibility index (Phi) is 5.84. The van der Waals surface area contributed by atoms with Crippen LogP contribution in [0.1, 0.15) is 19.1 Å². The van der Waals surface area contributed by atoms with Gasteiger partial charge in [-0.3, -0.25) is 9.47 Å². The number of nitrogen functional groups attached to an aromatic ring is 1. The van der Waals surface area contributed by atoms with E-state index in [2.05, 4.69) is 10.3 Å². The van der Waals surface area contributed by atoms with E-state index < -0.39 is 30.4 Å². The van der Waals surface area contributed by atoms with E-state index in [9.17, 15) is 13.6 Å². The zero-order chi connectivity index (χ0) is 22.0. The molecule has 3 heterocycles. The van der Waals surface area contributed by atoms with E-state index >= 15 is 0 Å². The average molecular weight is 430 g/mol. The fourth-order valence-electron chi connectivity index (χ4n) is 3.98. The molecule has 1 aromatic heterocycles. The number of hydrogen-bond acceptors (Lipinski definition) is 7. The van der Waals surface area contributed by atoms with Crippen LogP contribution in [0.3, 0.4) is 0 Å². The number of aromatic nitrogens is 2. The number of nitrogens with two attached hydrogens (primary N) is 1. The molecule has 1 saturated heterocycles. The number of halogens is 2. The Labute approximate surface area is 177 Å². The molecule has 0 radical (unpaired) electrons. The van der Waals surface area contributed by atoms with Crippen molar-refractivity contribution in [3.63, 3.8) is 0 Å². The van der Waals surface area contributed by atoms with Crippen LogP contribution in [-0.4, -0.2) is 52.3 Å². The van der Waals surface area contributed by atoms with Crippen molar-refractivity contribution in [3.05, 3.63) is 64.3 Å². The van der Waals surface area contributed by atoms with Gasteiger partial charge in [0.25, 0.3) is 5.92 Å².